The Kier molecular flexibility index (Phi) is 5.65. The molecule has 4 nitrogen and oxygen atoms in total. The third-order valence-corrected chi connectivity index (χ3v) is 4.90. The van der Waals surface area contributed by atoms with Crippen molar-refractivity contribution >= 4 is 28.1 Å². The molecule has 3 aromatic carbocycles. The van der Waals surface area contributed by atoms with E-state index in [4.69, 9.17) is 4.74 Å². The normalized spacial score (nSPS) is 10.7. The van der Waals surface area contributed by atoms with Crippen molar-refractivity contribution in [2.24, 2.45) is 0 Å². The number of nitrogens with one attached hydrogen (secondary N) is 1. The van der Waals surface area contributed by atoms with Crippen LogP contribution < -0.4 is 15.0 Å². The van der Waals surface area contributed by atoms with E-state index in [0.717, 1.165) is 35.1 Å². The molecule has 1 N–H and O–H groups in total. The zero-order valence-electron chi connectivity index (χ0n) is 16.4. The van der Waals surface area contributed by atoms with Gasteiger partial charge in [0.25, 0.3) is 5.91 Å². The maximum absolute atomic E-state index is 12.9. The SMILES string of the molecule is CCN(CC)c1ccc(NC(=O)c2cc3ccccc3cc2OC)c(C)c1. The van der Waals surface area contributed by atoms with E-state index >= 15 is 0 Å². The van der Waals surface area contributed by atoms with Gasteiger partial charge in [-0.15, -0.1) is 0 Å². The highest BCUT2D eigenvalue weighted by Crippen LogP contribution is 2.28. The molecular formula is C23H26N2O2. The van der Waals surface area contributed by atoms with Crippen LogP contribution in [0.3, 0.4) is 0 Å². The van der Waals surface area contributed by atoms with E-state index in [1.807, 2.05) is 55.5 Å². The second kappa shape index (κ2) is 8.12. The number of methoxy groups -OCH3 is 1. The van der Waals surface area contributed by atoms with E-state index in [2.05, 4.69) is 30.1 Å². The highest BCUT2D eigenvalue weighted by Gasteiger charge is 2.15. The van der Waals surface area contributed by atoms with Crippen LogP contribution in [-0.4, -0.2) is 26.1 Å². The van der Waals surface area contributed by atoms with Crippen LogP contribution in [-0.2, 0) is 0 Å². The fourth-order valence-corrected chi connectivity index (χ4v) is 3.33. The predicted molar refractivity (Wildman–Crippen MR) is 113 cm³/mol. The number of amides is 1. The van der Waals surface area contributed by atoms with E-state index in [1.54, 1.807) is 7.11 Å². The van der Waals surface area contributed by atoms with Crippen LogP contribution in [0.4, 0.5) is 11.4 Å². The number of carbonyl (C=O) groups excluding carboxylic acids is 1. The van der Waals surface area contributed by atoms with Gasteiger partial charge in [0.1, 0.15) is 5.75 Å². The fourth-order valence-electron chi connectivity index (χ4n) is 3.33. The third-order valence-electron chi connectivity index (χ3n) is 4.90. The number of nitrogens with zero attached hydrogens (tertiary/aromatic N) is 1. The van der Waals surface area contributed by atoms with Gasteiger partial charge >= 0.3 is 0 Å². The van der Waals surface area contributed by atoms with Crippen molar-refractivity contribution in [3.63, 3.8) is 0 Å². The molecule has 0 aromatic heterocycles. The van der Waals surface area contributed by atoms with Crippen molar-refractivity contribution in [2.75, 3.05) is 30.4 Å². The highest BCUT2D eigenvalue weighted by atomic mass is 16.5. The molecular weight excluding hydrogens is 336 g/mol. The summed E-state index contributed by atoms with van der Waals surface area (Å²) in [7, 11) is 1.59. The molecule has 27 heavy (non-hydrogen) atoms. The van der Waals surface area contributed by atoms with Gasteiger partial charge in [-0.1, -0.05) is 24.3 Å². The van der Waals surface area contributed by atoms with Gasteiger partial charge in [0.15, 0.2) is 0 Å². The van der Waals surface area contributed by atoms with Crippen LogP contribution in [0, 0.1) is 6.92 Å². The first-order chi connectivity index (χ1) is 13.1. The number of fused-ring (bicyclic) bond motifs is 1. The third kappa shape index (κ3) is 3.90. The van der Waals surface area contributed by atoms with E-state index in [-0.39, 0.29) is 5.91 Å². The van der Waals surface area contributed by atoms with E-state index in [0.29, 0.717) is 11.3 Å². The molecule has 1 amide bonds. The van der Waals surface area contributed by atoms with Crippen LogP contribution in [0.1, 0.15) is 29.8 Å². The van der Waals surface area contributed by atoms with E-state index < -0.39 is 0 Å². The van der Waals surface area contributed by atoms with Gasteiger partial charge in [-0.2, -0.15) is 0 Å². The monoisotopic (exact) mass is 362 g/mol. The van der Waals surface area contributed by atoms with Crippen LogP contribution in [0.2, 0.25) is 0 Å². The largest absolute Gasteiger partial charge is 0.496 e. The lowest BCUT2D eigenvalue weighted by Crippen LogP contribution is -2.22. The quantitative estimate of drug-likeness (QED) is 0.651. The molecule has 0 atom stereocenters. The Morgan fingerprint density at radius 2 is 1.67 bits per heavy atom. The standard InChI is InChI=1S/C23H26N2O2/c1-5-25(6-2)19-11-12-21(16(3)13-19)24-23(26)20-14-17-9-7-8-10-18(17)15-22(20)27-4/h7-15H,5-6H2,1-4H3,(H,24,26). The average Bonchev–Trinajstić information content (AvgIpc) is 2.69. The molecule has 4 heteroatoms. The number of rotatable bonds is 6. The van der Waals surface area contributed by atoms with Crippen LogP contribution >= 0.6 is 0 Å². The summed E-state index contributed by atoms with van der Waals surface area (Å²) in [6.45, 7) is 8.20. The summed E-state index contributed by atoms with van der Waals surface area (Å²) in [6, 6.07) is 17.9. The average molecular weight is 362 g/mol. The molecule has 3 aromatic rings. The first-order valence-corrected chi connectivity index (χ1v) is 9.31. The Labute approximate surface area is 160 Å². The summed E-state index contributed by atoms with van der Waals surface area (Å²) in [5, 5.41) is 5.09. The van der Waals surface area contributed by atoms with Crippen molar-refractivity contribution < 1.29 is 9.53 Å². The van der Waals surface area contributed by atoms with Gasteiger partial charge in [-0.3, -0.25) is 4.79 Å². The minimum Gasteiger partial charge on any atom is -0.496 e. The molecule has 3 rings (SSSR count). The zero-order valence-corrected chi connectivity index (χ0v) is 16.4. The zero-order chi connectivity index (χ0) is 19.4. The van der Waals surface area contributed by atoms with E-state index in [1.165, 1.54) is 5.69 Å². The fraction of sp³-hybridized carbons (Fsp3) is 0.261. The number of hydrogen-bond donors (Lipinski definition) is 1. The maximum Gasteiger partial charge on any atom is 0.259 e. The second-order valence-electron chi connectivity index (χ2n) is 6.53. The summed E-state index contributed by atoms with van der Waals surface area (Å²) in [6.07, 6.45) is 0. The number of ether oxygens (including phenoxy) is 1. The first-order valence-electron chi connectivity index (χ1n) is 9.31. The molecule has 0 saturated carbocycles. The molecule has 0 bridgehead atoms. The van der Waals surface area contributed by atoms with Gasteiger partial charge in [-0.25, -0.2) is 0 Å². The summed E-state index contributed by atoms with van der Waals surface area (Å²) in [5.41, 5.74) is 3.54. The van der Waals surface area contributed by atoms with Crippen molar-refractivity contribution in [2.45, 2.75) is 20.8 Å². The number of anilines is 2. The number of hydrogen-bond acceptors (Lipinski definition) is 3. The first kappa shape index (κ1) is 18.8. The Bertz CT molecular complexity index is 962. The molecule has 0 aliphatic rings. The molecule has 0 heterocycles. The number of carbonyl (C=O) groups is 1. The Morgan fingerprint density at radius 1 is 1.00 bits per heavy atom. The van der Waals surface area contributed by atoms with Crippen molar-refractivity contribution in [3.8, 4) is 5.75 Å². The highest BCUT2D eigenvalue weighted by molar-refractivity contribution is 6.09. The Hall–Kier alpha value is -3.01. The topological polar surface area (TPSA) is 41.6 Å². The van der Waals surface area contributed by atoms with Gasteiger partial charge in [0, 0.05) is 24.5 Å². The lowest BCUT2D eigenvalue weighted by molar-refractivity contribution is 0.102. The molecule has 0 aliphatic carbocycles. The molecule has 0 saturated heterocycles. The minimum atomic E-state index is -0.170. The van der Waals surface area contributed by atoms with Crippen molar-refractivity contribution in [3.05, 3.63) is 65.7 Å². The minimum absolute atomic E-state index is 0.170. The molecule has 0 radical (unpaired) electrons. The van der Waals surface area contributed by atoms with Crippen molar-refractivity contribution in [1.29, 1.82) is 0 Å². The molecule has 0 spiro atoms. The smallest absolute Gasteiger partial charge is 0.259 e. The van der Waals surface area contributed by atoms with Crippen LogP contribution in [0.25, 0.3) is 10.8 Å². The molecule has 0 aliphatic heterocycles. The van der Waals surface area contributed by atoms with Gasteiger partial charge in [0.05, 0.1) is 12.7 Å². The lowest BCUT2D eigenvalue weighted by Gasteiger charge is -2.22. The Morgan fingerprint density at radius 3 is 2.26 bits per heavy atom. The Balaban J connectivity index is 1.90. The van der Waals surface area contributed by atoms with Gasteiger partial charge in [-0.05, 0) is 67.4 Å². The van der Waals surface area contributed by atoms with Gasteiger partial charge in [0.2, 0.25) is 0 Å². The lowest BCUT2D eigenvalue weighted by atomic mass is 10.0. The number of benzene rings is 3. The van der Waals surface area contributed by atoms with E-state index in [9.17, 15) is 4.79 Å². The predicted octanol–water partition coefficient (Wildman–Crippen LogP) is 5.26. The molecule has 140 valence electrons. The second-order valence-corrected chi connectivity index (χ2v) is 6.53. The summed E-state index contributed by atoms with van der Waals surface area (Å²) >= 11 is 0. The molecule has 0 fully saturated rings. The van der Waals surface area contributed by atoms with Crippen LogP contribution in [0.15, 0.2) is 54.6 Å². The van der Waals surface area contributed by atoms with Crippen LogP contribution in [0.5, 0.6) is 5.75 Å². The van der Waals surface area contributed by atoms with Crippen molar-refractivity contribution in [1.82, 2.24) is 0 Å². The molecule has 0 unspecified atom stereocenters. The summed E-state index contributed by atoms with van der Waals surface area (Å²) in [4.78, 5) is 15.2. The van der Waals surface area contributed by atoms with Gasteiger partial charge < -0.3 is 15.0 Å². The number of aryl methyl sites for hydroxylation is 1. The maximum atomic E-state index is 12.9. The summed E-state index contributed by atoms with van der Waals surface area (Å²) < 4.78 is 5.45. The summed E-state index contributed by atoms with van der Waals surface area (Å²) in [5.74, 6) is 0.403.